The van der Waals surface area contributed by atoms with E-state index >= 15 is 0 Å². The lowest BCUT2D eigenvalue weighted by Crippen LogP contribution is -2.15. The molecular weight excluding hydrogens is 160 g/mol. The largest absolute Gasteiger partial charge is 0.316 e. The normalized spacial score (nSPS) is 11.5. The fraction of sp³-hybridized carbons (Fsp3) is 0.545. The Morgan fingerprint density at radius 2 is 2.23 bits per heavy atom. The van der Waals surface area contributed by atoms with Crippen molar-refractivity contribution < 1.29 is 0 Å². The summed E-state index contributed by atoms with van der Waals surface area (Å²) in [6.45, 7) is 7.90. The van der Waals surface area contributed by atoms with Gasteiger partial charge in [0, 0.05) is 12.4 Å². The number of hydrogen-bond donors (Lipinski definition) is 1. The number of nitrogens with zero attached hydrogens (tertiary/aromatic N) is 1. The fourth-order valence-electron chi connectivity index (χ4n) is 0.858. The van der Waals surface area contributed by atoms with Crippen LogP contribution in [0.15, 0.2) is 29.9 Å². The molecule has 0 bridgehead atoms. The van der Waals surface area contributed by atoms with E-state index in [0.29, 0.717) is 0 Å². The van der Waals surface area contributed by atoms with Gasteiger partial charge >= 0.3 is 0 Å². The third kappa shape index (κ3) is 11.1. The minimum atomic E-state index is 1.04. The summed E-state index contributed by atoms with van der Waals surface area (Å²) in [4.78, 5) is 3.97. The molecule has 0 aliphatic carbocycles. The Bertz CT molecular complexity index is 159. The first-order valence-corrected chi connectivity index (χ1v) is 4.91. The van der Waals surface area contributed by atoms with E-state index in [4.69, 9.17) is 0 Å². The molecular formula is C11H20N2. The van der Waals surface area contributed by atoms with Crippen molar-refractivity contribution in [2.24, 2.45) is 4.99 Å². The molecule has 0 saturated heterocycles. The third-order valence-corrected chi connectivity index (χ3v) is 1.58. The van der Waals surface area contributed by atoms with Gasteiger partial charge in [0.25, 0.3) is 0 Å². The maximum absolute atomic E-state index is 3.97. The molecule has 0 spiro atoms. The van der Waals surface area contributed by atoms with Crippen molar-refractivity contribution in [1.29, 1.82) is 0 Å². The molecule has 0 aliphatic rings. The molecule has 0 aromatic carbocycles. The van der Waals surface area contributed by atoms with Crippen LogP contribution in [-0.4, -0.2) is 19.3 Å². The molecule has 0 aliphatic heterocycles. The van der Waals surface area contributed by atoms with E-state index in [1.54, 1.807) is 12.3 Å². The van der Waals surface area contributed by atoms with Gasteiger partial charge in [-0.25, -0.2) is 0 Å². The average Bonchev–Trinajstić information content (AvgIpc) is 2.16. The van der Waals surface area contributed by atoms with Crippen LogP contribution in [-0.2, 0) is 0 Å². The summed E-state index contributed by atoms with van der Waals surface area (Å²) in [5, 5.41) is 3.35. The van der Waals surface area contributed by atoms with Crippen LogP contribution in [0.25, 0.3) is 0 Å². The predicted molar refractivity (Wildman–Crippen MR) is 60.2 cm³/mol. The van der Waals surface area contributed by atoms with E-state index in [1.807, 2.05) is 6.20 Å². The number of aliphatic imine (C=N–C) groups is 1. The molecule has 0 unspecified atom stereocenters. The van der Waals surface area contributed by atoms with Gasteiger partial charge < -0.3 is 5.32 Å². The van der Waals surface area contributed by atoms with Crippen molar-refractivity contribution in [3.8, 4) is 0 Å². The van der Waals surface area contributed by atoms with E-state index in [9.17, 15) is 0 Å². The monoisotopic (exact) mass is 180 g/mol. The number of hydrogen-bond acceptors (Lipinski definition) is 2. The Morgan fingerprint density at radius 1 is 1.38 bits per heavy atom. The molecule has 2 nitrogen and oxygen atoms in total. The highest BCUT2D eigenvalue weighted by atomic mass is 14.8. The van der Waals surface area contributed by atoms with Gasteiger partial charge in [-0.1, -0.05) is 32.1 Å². The Balaban J connectivity index is 3.10. The summed E-state index contributed by atoms with van der Waals surface area (Å²) in [5.74, 6) is 0. The van der Waals surface area contributed by atoms with E-state index in [-0.39, 0.29) is 0 Å². The average molecular weight is 180 g/mol. The highest BCUT2D eigenvalue weighted by molar-refractivity contribution is 5.70. The van der Waals surface area contributed by atoms with Gasteiger partial charge in [0.1, 0.15) is 0 Å². The molecule has 0 aromatic heterocycles. The Hall–Kier alpha value is -0.890. The van der Waals surface area contributed by atoms with Gasteiger partial charge in [-0.3, -0.25) is 4.99 Å². The Morgan fingerprint density at radius 3 is 2.92 bits per heavy atom. The van der Waals surface area contributed by atoms with E-state index in [1.165, 1.54) is 12.8 Å². The second kappa shape index (κ2) is 11.1. The molecule has 0 amide bonds. The lowest BCUT2D eigenvalue weighted by atomic mass is 10.3. The van der Waals surface area contributed by atoms with Crippen molar-refractivity contribution >= 4 is 6.21 Å². The van der Waals surface area contributed by atoms with Crippen LogP contribution in [0.3, 0.4) is 0 Å². The van der Waals surface area contributed by atoms with Crippen LogP contribution < -0.4 is 5.32 Å². The molecule has 2 heteroatoms. The smallest absolute Gasteiger partial charge is 0.0261 e. The lowest BCUT2D eigenvalue weighted by Gasteiger charge is -1.99. The van der Waals surface area contributed by atoms with Crippen molar-refractivity contribution in [3.05, 3.63) is 24.9 Å². The zero-order valence-electron chi connectivity index (χ0n) is 8.50. The summed E-state index contributed by atoms with van der Waals surface area (Å²) in [6, 6.07) is 0. The van der Waals surface area contributed by atoms with Crippen molar-refractivity contribution in [1.82, 2.24) is 5.32 Å². The zero-order valence-corrected chi connectivity index (χ0v) is 8.50. The highest BCUT2D eigenvalue weighted by Crippen LogP contribution is 1.84. The first-order valence-electron chi connectivity index (χ1n) is 4.91. The van der Waals surface area contributed by atoms with E-state index in [0.717, 1.165) is 19.5 Å². The molecule has 0 radical (unpaired) electrons. The van der Waals surface area contributed by atoms with Crippen LogP contribution in [0.2, 0.25) is 0 Å². The summed E-state index contributed by atoms with van der Waals surface area (Å²) in [6.07, 6.45) is 10.8. The molecule has 0 atom stereocenters. The van der Waals surface area contributed by atoms with Crippen LogP contribution in [0.4, 0.5) is 0 Å². The zero-order chi connectivity index (χ0) is 9.78. The van der Waals surface area contributed by atoms with Crippen LogP contribution >= 0.6 is 0 Å². The summed E-state index contributed by atoms with van der Waals surface area (Å²) in [5.41, 5.74) is 0. The number of unbranched alkanes of at least 4 members (excludes halogenated alkanes) is 1. The van der Waals surface area contributed by atoms with Crippen molar-refractivity contribution in [2.75, 3.05) is 13.1 Å². The van der Waals surface area contributed by atoms with Crippen LogP contribution in [0.5, 0.6) is 0 Å². The molecule has 13 heavy (non-hydrogen) atoms. The molecule has 0 rings (SSSR count). The molecule has 74 valence electrons. The van der Waals surface area contributed by atoms with Crippen molar-refractivity contribution in [3.63, 3.8) is 0 Å². The van der Waals surface area contributed by atoms with E-state index in [2.05, 4.69) is 29.9 Å². The standard InChI is InChI=1S/C11H20N2/c1-3-5-9-13-11-7-6-10-12-8-4-2/h4,6,8,10,13H,2-3,5,7,9,11H2,1H3/b10-6+,12-8?. The number of nitrogens with one attached hydrogen (secondary N) is 1. The Labute approximate surface area is 81.5 Å². The summed E-state index contributed by atoms with van der Waals surface area (Å²) in [7, 11) is 0. The number of allylic oxidation sites excluding steroid dienone is 1. The SMILES string of the molecule is C=CC=N/C=C/CCNCCCC. The summed E-state index contributed by atoms with van der Waals surface area (Å²) < 4.78 is 0. The molecule has 0 saturated carbocycles. The minimum Gasteiger partial charge on any atom is -0.316 e. The van der Waals surface area contributed by atoms with Crippen LogP contribution in [0.1, 0.15) is 26.2 Å². The van der Waals surface area contributed by atoms with Crippen molar-refractivity contribution in [2.45, 2.75) is 26.2 Å². The maximum atomic E-state index is 3.97. The molecule has 0 fully saturated rings. The first-order chi connectivity index (χ1) is 6.41. The summed E-state index contributed by atoms with van der Waals surface area (Å²) >= 11 is 0. The highest BCUT2D eigenvalue weighted by Gasteiger charge is 1.82. The van der Waals surface area contributed by atoms with Gasteiger partial charge in [-0.15, -0.1) is 0 Å². The third-order valence-electron chi connectivity index (χ3n) is 1.58. The van der Waals surface area contributed by atoms with Gasteiger partial charge in [-0.2, -0.15) is 0 Å². The van der Waals surface area contributed by atoms with E-state index < -0.39 is 0 Å². The molecule has 0 aromatic rings. The lowest BCUT2D eigenvalue weighted by molar-refractivity contribution is 0.645. The van der Waals surface area contributed by atoms with Gasteiger partial charge in [-0.05, 0) is 25.9 Å². The predicted octanol–water partition coefficient (Wildman–Crippen LogP) is 2.54. The quantitative estimate of drug-likeness (QED) is 0.450. The first kappa shape index (κ1) is 12.1. The fourth-order valence-corrected chi connectivity index (χ4v) is 0.858. The Kier molecular flexibility index (Phi) is 10.3. The second-order valence-corrected chi connectivity index (χ2v) is 2.81. The molecule has 0 heterocycles. The molecule has 1 N–H and O–H groups in total. The second-order valence-electron chi connectivity index (χ2n) is 2.81. The van der Waals surface area contributed by atoms with Gasteiger partial charge in [0.05, 0.1) is 0 Å². The van der Waals surface area contributed by atoms with Gasteiger partial charge in [0.15, 0.2) is 0 Å². The minimum absolute atomic E-state index is 1.04. The van der Waals surface area contributed by atoms with Gasteiger partial charge in [0.2, 0.25) is 0 Å². The van der Waals surface area contributed by atoms with Crippen LogP contribution in [0, 0.1) is 0 Å². The topological polar surface area (TPSA) is 24.4 Å². The number of rotatable bonds is 8. The maximum Gasteiger partial charge on any atom is 0.0261 e.